The first-order valence-electron chi connectivity index (χ1n) is 3.95. The summed E-state index contributed by atoms with van der Waals surface area (Å²) in [5.74, 6) is 0. The quantitative estimate of drug-likeness (QED) is 0.178. The average molecular weight is 158 g/mol. The SMILES string of the molecule is O=CCCCCCCC=[O+][O-]. The molecule has 0 N–H and O–H groups in total. The lowest BCUT2D eigenvalue weighted by Gasteiger charge is -1.92. The highest BCUT2D eigenvalue weighted by atomic mass is 17.1. The minimum absolute atomic E-state index is 0.655. The Morgan fingerprint density at radius 2 is 1.73 bits per heavy atom. The highest BCUT2D eigenvalue weighted by molar-refractivity contribution is 5.49. The molecule has 0 unspecified atom stereocenters. The molecule has 0 aliphatic rings. The third-order valence-electron chi connectivity index (χ3n) is 1.46. The van der Waals surface area contributed by atoms with Crippen molar-refractivity contribution in [1.29, 1.82) is 0 Å². The van der Waals surface area contributed by atoms with Gasteiger partial charge in [0.25, 0.3) is 0 Å². The summed E-state index contributed by atoms with van der Waals surface area (Å²) in [6, 6.07) is 0. The standard InChI is InChI=1S/C8H14O3/c9-7-5-3-1-2-4-6-8-11-10/h7-8H,1-6H2. The zero-order chi connectivity index (χ0) is 8.36. The van der Waals surface area contributed by atoms with E-state index in [0.29, 0.717) is 12.8 Å². The van der Waals surface area contributed by atoms with E-state index in [1.54, 1.807) is 0 Å². The van der Waals surface area contributed by atoms with Gasteiger partial charge in [-0.25, -0.2) is 0 Å². The summed E-state index contributed by atoms with van der Waals surface area (Å²) in [4.78, 5) is 9.87. The van der Waals surface area contributed by atoms with Crippen molar-refractivity contribution in [1.82, 2.24) is 0 Å². The molecule has 0 saturated heterocycles. The van der Waals surface area contributed by atoms with Crippen molar-refractivity contribution in [3.63, 3.8) is 0 Å². The molecule has 0 aliphatic heterocycles. The molecule has 0 rings (SSSR count). The fourth-order valence-corrected chi connectivity index (χ4v) is 0.857. The molecule has 0 amide bonds. The van der Waals surface area contributed by atoms with Crippen LogP contribution in [0.2, 0.25) is 0 Å². The van der Waals surface area contributed by atoms with Gasteiger partial charge in [0.05, 0.1) is 6.42 Å². The van der Waals surface area contributed by atoms with E-state index in [9.17, 15) is 10.1 Å². The monoisotopic (exact) mass is 158 g/mol. The molecule has 0 aromatic heterocycles. The van der Waals surface area contributed by atoms with E-state index >= 15 is 0 Å². The summed E-state index contributed by atoms with van der Waals surface area (Å²) in [5.41, 5.74) is 0. The Morgan fingerprint density at radius 3 is 2.27 bits per heavy atom. The Kier molecular flexibility index (Phi) is 8.43. The van der Waals surface area contributed by atoms with E-state index in [-0.39, 0.29) is 0 Å². The normalized spacial score (nSPS) is 10.5. The van der Waals surface area contributed by atoms with Crippen molar-refractivity contribution in [2.45, 2.75) is 38.5 Å². The second-order valence-corrected chi connectivity index (χ2v) is 2.42. The molecule has 3 heteroatoms. The highest BCUT2D eigenvalue weighted by Gasteiger charge is 1.90. The Morgan fingerprint density at radius 1 is 1.09 bits per heavy atom. The van der Waals surface area contributed by atoms with Gasteiger partial charge in [0.2, 0.25) is 0 Å². The number of hydrogen-bond donors (Lipinski definition) is 0. The number of carbonyl (C=O) groups excluding carboxylic acids is 2. The van der Waals surface area contributed by atoms with Crippen LogP contribution in [0.5, 0.6) is 0 Å². The Balaban J connectivity index is 2.84. The Bertz CT molecular complexity index is 110. The molecule has 0 heterocycles. The van der Waals surface area contributed by atoms with Gasteiger partial charge in [-0.1, -0.05) is 12.8 Å². The van der Waals surface area contributed by atoms with Crippen LogP contribution in [0, 0.1) is 0 Å². The lowest BCUT2D eigenvalue weighted by molar-refractivity contribution is -1.04. The van der Waals surface area contributed by atoms with Crippen LogP contribution in [0.1, 0.15) is 38.5 Å². The number of unbranched alkanes of at least 4 members (excludes halogenated alkanes) is 5. The molecule has 0 saturated carbocycles. The first-order chi connectivity index (χ1) is 5.41. The molecule has 0 spiro atoms. The highest BCUT2D eigenvalue weighted by Crippen LogP contribution is 2.02. The van der Waals surface area contributed by atoms with Gasteiger partial charge in [0, 0.05) is 6.42 Å². The van der Waals surface area contributed by atoms with Gasteiger partial charge >= 0.3 is 6.29 Å². The zero-order valence-corrected chi connectivity index (χ0v) is 6.62. The van der Waals surface area contributed by atoms with Crippen molar-refractivity contribution in [2.75, 3.05) is 0 Å². The first-order valence-corrected chi connectivity index (χ1v) is 3.95. The summed E-state index contributed by atoms with van der Waals surface area (Å²) in [5, 5.41) is 9.46. The summed E-state index contributed by atoms with van der Waals surface area (Å²) < 4.78 is 3.54. The van der Waals surface area contributed by atoms with Crippen LogP contribution in [0.15, 0.2) is 0 Å². The molecule has 0 aromatic carbocycles. The van der Waals surface area contributed by atoms with Crippen LogP contribution in [-0.2, 0) is 9.37 Å². The van der Waals surface area contributed by atoms with Gasteiger partial charge in [0.1, 0.15) is 6.29 Å². The van der Waals surface area contributed by atoms with Crippen molar-refractivity contribution >= 4 is 12.6 Å². The summed E-state index contributed by atoms with van der Waals surface area (Å²) in [6.45, 7) is 0. The summed E-state index contributed by atoms with van der Waals surface area (Å²) in [6.07, 6.45) is 7.63. The molecule has 64 valence electrons. The molecular weight excluding hydrogens is 144 g/mol. The maximum atomic E-state index is 9.87. The maximum absolute atomic E-state index is 9.87. The van der Waals surface area contributed by atoms with E-state index in [4.69, 9.17) is 0 Å². The number of rotatable bonds is 7. The van der Waals surface area contributed by atoms with E-state index < -0.39 is 0 Å². The number of carbonyl (C=O) groups is 1. The maximum Gasteiger partial charge on any atom is 0.318 e. The minimum atomic E-state index is 0.655. The third-order valence-corrected chi connectivity index (χ3v) is 1.46. The van der Waals surface area contributed by atoms with Crippen molar-refractivity contribution in [3.05, 3.63) is 0 Å². The fourth-order valence-electron chi connectivity index (χ4n) is 0.857. The van der Waals surface area contributed by atoms with Gasteiger partial charge in [-0.05, 0) is 12.8 Å². The van der Waals surface area contributed by atoms with Gasteiger partial charge in [-0.2, -0.15) is 4.58 Å². The second kappa shape index (κ2) is 9.14. The molecular formula is C8H14O3. The smallest absolute Gasteiger partial charge is 0.318 e. The van der Waals surface area contributed by atoms with E-state index in [0.717, 1.165) is 32.0 Å². The van der Waals surface area contributed by atoms with Crippen LogP contribution < -0.4 is 5.26 Å². The van der Waals surface area contributed by atoms with Crippen LogP contribution in [0.25, 0.3) is 0 Å². The molecule has 0 fully saturated rings. The predicted molar refractivity (Wildman–Crippen MR) is 39.8 cm³/mol. The van der Waals surface area contributed by atoms with Gasteiger partial charge in [0.15, 0.2) is 0 Å². The minimum Gasteiger partial charge on any atom is -0.463 e. The van der Waals surface area contributed by atoms with Gasteiger partial charge < -0.3 is 10.1 Å². The molecule has 11 heavy (non-hydrogen) atoms. The van der Waals surface area contributed by atoms with Gasteiger partial charge in [-0.15, -0.1) is 0 Å². The zero-order valence-electron chi connectivity index (χ0n) is 6.62. The molecule has 0 bridgehead atoms. The molecule has 0 radical (unpaired) electrons. The molecule has 0 aromatic rings. The first kappa shape index (κ1) is 10.1. The van der Waals surface area contributed by atoms with Crippen LogP contribution in [0.3, 0.4) is 0 Å². The number of aldehydes is 2. The average Bonchev–Trinajstić information content (AvgIpc) is 2.03. The van der Waals surface area contributed by atoms with Crippen LogP contribution in [-0.4, -0.2) is 12.6 Å². The van der Waals surface area contributed by atoms with Gasteiger partial charge in [-0.3, -0.25) is 0 Å². The van der Waals surface area contributed by atoms with Crippen molar-refractivity contribution < 1.29 is 14.6 Å². The van der Waals surface area contributed by atoms with E-state index in [1.807, 2.05) is 0 Å². The van der Waals surface area contributed by atoms with E-state index in [2.05, 4.69) is 4.58 Å². The fraction of sp³-hybridized carbons (Fsp3) is 0.750. The van der Waals surface area contributed by atoms with Crippen LogP contribution in [0.4, 0.5) is 0 Å². The van der Waals surface area contributed by atoms with Crippen molar-refractivity contribution in [2.24, 2.45) is 0 Å². The lowest BCUT2D eigenvalue weighted by Crippen LogP contribution is -1.96. The predicted octanol–water partition coefficient (Wildman–Crippen LogP) is 0.536. The lowest BCUT2D eigenvalue weighted by atomic mass is 10.1. The Hall–Kier alpha value is -0.860. The van der Waals surface area contributed by atoms with E-state index in [1.165, 1.54) is 6.29 Å². The van der Waals surface area contributed by atoms with Crippen LogP contribution >= 0.6 is 0 Å². The van der Waals surface area contributed by atoms with Crippen molar-refractivity contribution in [3.8, 4) is 0 Å². The molecule has 0 aliphatic carbocycles. The molecule has 3 nitrogen and oxygen atoms in total. The Labute approximate surface area is 66.7 Å². The summed E-state index contributed by atoms with van der Waals surface area (Å²) in [7, 11) is 0. The molecule has 0 atom stereocenters. The second-order valence-electron chi connectivity index (χ2n) is 2.42. The summed E-state index contributed by atoms with van der Waals surface area (Å²) >= 11 is 0. The largest absolute Gasteiger partial charge is 0.463 e. The third kappa shape index (κ3) is 9.14. The number of hydrogen-bond acceptors (Lipinski definition) is 2. The topological polar surface area (TPSA) is 51.4 Å².